The maximum absolute atomic E-state index is 9.72. The molecule has 1 aliphatic heterocycles. The number of rotatable bonds is 2. The van der Waals surface area contributed by atoms with Gasteiger partial charge in [0.05, 0.1) is 6.61 Å². The second kappa shape index (κ2) is 3.36. The molecule has 3 heteroatoms. The Labute approximate surface area is 77.0 Å². The molecule has 2 rings (SSSR count). The van der Waals surface area contributed by atoms with Crippen molar-refractivity contribution in [1.29, 1.82) is 0 Å². The Morgan fingerprint density at radius 3 is 2.77 bits per heavy atom. The maximum atomic E-state index is 9.72. The van der Waals surface area contributed by atoms with E-state index in [1.54, 1.807) is 6.07 Å². The molecule has 0 saturated carbocycles. The summed E-state index contributed by atoms with van der Waals surface area (Å²) in [5, 5.41) is 21.9. The summed E-state index contributed by atoms with van der Waals surface area (Å²) in [6, 6.07) is 5.76. The number of phenols is 1. The summed E-state index contributed by atoms with van der Waals surface area (Å²) >= 11 is 0. The second-order valence-electron chi connectivity index (χ2n) is 3.31. The van der Waals surface area contributed by atoms with Gasteiger partial charge in [-0.15, -0.1) is 0 Å². The van der Waals surface area contributed by atoms with Crippen LogP contribution in [0.25, 0.3) is 0 Å². The minimum absolute atomic E-state index is 0.105. The third kappa shape index (κ3) is 1.41. The number of nitrogens with one attached hydrogen (secondary N) is 1. The van der Waals surface area contributed by atoms with Crippen molar-refractivity contribution in [2.75, 3.05) is 6.54 Å². The summed E-state index contributed by atoms with van der Waals surface area (Å²) in [5.41, 5.74) is 1.50. The Morgan fingerprint density at radius 2 is 2.23 bits per heavy atom. The molecule has 0 amide bonds. The van der Waals surface area contributed by atoms with Gasteiger partial charge < -0.3 is 15.5 Å². The largest absolute Gasteiger partial charge is 0.507 e. The molecule has 70 valence electrons. The van der Waals surface area contributed by atoms with E-state index in [2.05, 4.69) is 5.32 Å². The summed E-state index contributed by atoms with van der Waals surface area (Å²) in [4.78, 5) is 0. The Hall–Kier alpha value is -1.06. The Bertz CT molecular complexity index is 308. The van der Waals surface area contributed by atoms with Gasteiger partial charge in [0, 0.05) is 17.2 Å². The van der Waals surface area contributed by atoms with E-state index in [1.807, 2.05) is 12.1 Å². The lowest BCUT2D eigenvalue weighted by Crippen LogP contribution is -2.35. The second-order valence-corrected chi connectivity index (χ2v) is 3.31. The number of benzene rings is 1. The highest BCUT2D eigenvalue weighted by Gasteiger charge is 2.22. The highest BCUT2D eigenvalue weighted by atomic mass is 16.3. The van der Waals surface area contributed by atoms with Gasteiger partial charge in [0.1, 0.15) is 5.75 Å². The number of aromatic hydroxyl groups is 1. The highest BCUT2D eigenvalue weighted by Crippen LogP contribution is 2.32. The quantitative estimate of drug-likeness (QED) is 0.632. The summed E-state index contributed by atoms with van der Waals surface area (Å²) in [6.07, 6.45) is 1.06. The van der Waals surface area contributed by atoms with E-state index in [1.165, 1.54) is 0 Å². The lowest BCUT2D eigenvalue weighted by molar-refractivity contribution is 0.273. The van der Waals surface area contributed by atoms with Crippen LogP contribution in [0.4, 0.5) is 0 Å². The molecule has 1 aromatic rings. The van der Waals surface area contributed by atoms with Crippen molar-refractivity contribution in [2.24, 2.45) is 0 Å². The van der Waals surface area contributed by atoms with E-state index in [-0.39, 0.29) is 18.4 Å². The van der Waals surface area contributed by atoms with Crippen molar-refractivity contribution in [2.45, 2.75) is 19.1 Å². The standard InChI is InChI=1S/C10H13NO2/c12-6-7-2-1-3-8(10(7)13)9-4-5-11-9/h1-3,9,11-13H,4-6H2/t9-/m0/s1. The van der Waals surface area contributed by atoms with Crippen molar-refractivity contribution in [3.05, 3.63) is 29.3 Å². The number of hydrogen-bond donors (Lipinski definition) is 3. The van der Waals surface area contributed by atoms with Gasteiger partial charge in [-0.3, -0.25) is 0 Å². The van der Waals surface area contributed by atoms with Crippen LogP contribution in [0.1, 0.15) is 23.6 Å². The lowest BCUT2D eigenvalue weighted by Gasteiger charge is -2.29. The third-order valence-corrected chi connectivity index (χ3v) is 2.52. The van der Waals surface area contributed by atoms with Crippen molar-refractivity contribution in [1.82, 2.24) is 5.32 Å². The third-order valence-electron chi connectivity index (χ3n) is 2.52. The Kier molecular flexibility index (Phi) is 2.20. The summed E-state index contributed by atoms with van der Waals surface area (Å²) in [6.45, 7) is 0.903. The summed E-state index contributed by atoms with van der Waals surface area (Å²) < 4.78 is 0. The van der Waals surface area contributed by atoms with Crippen LogP contribution in [0.15, 0.2) is 18.2 Å². The summed E-state index contributed by atoms with van der Waals surface area (Å²) in [7, 11) is 0. The summed E-state index contributed by atoms with van der Waals surface area (Å²) in [5.74, 6) is 0.238. The Morgan fingerprint density at radius 1 is 1.46 bits per heavy atom. The van der Waals surface area contributed by atoms with Crippen LogP contribution >= 0.6 is 0 Å². The first-order chi connectivity index (χ1) is 6.33. The van der Waals surface area contributed by atoms with Gasteiger partial charge in [0.2, 0.25) is 0 Å². The van der Waals surface area contributed by atoms with Crippen LogP contribution in [-0.4, -0.2) is 16.8 Å². The molecule has 0 bridgehead atoms. The molecule has 1 atom stereocenters. The predicted octanol–water partition coefficient (Wildman–Crippen LogP) is 0.919. The molecule has 0 spiro atoms. The van der Waals surface area contributed by atoms with Crippen molar-refractivity contribution in [3.8, 4) is 5.75 Å². The van der Waals surface area contributed by atoms with Crippen LogP contribution in [0.3, 0.4) is 0 Å². The maximum Gasteiger partial charge on any atom is 0.125 e. The molecular formula is C10H13NO2. The first-order valence-electron chi connectivity index (χ1n) is 4.48. The fourth-order valence-electron chi connectivity index (χ4n) is 1.57. The monoisotopic (exact) mass is 179 g/mol. The fraction of sp³-hybridized carbons (Fsp3) is 0.400. The minimum atomic E-state index is -0.105. The Balaban J connectivity index is 2.33. The molecule has 0 aromatic heterocycles. The molecule has 0 unspecified atom stereocenters. The number of para-hydroxylation sites is 1. The highest BCUT2D eigenvalue weighted by molar-refractivity contribution is 5.42. The van der Waals surface area contributed by atoms with E-state index < -0.39 is 0 Å². The SMILES string of the molecule is OCc1cccc([C@@H]2CCN2)c1O. The van der Waals surface area contributed by atoms with Gasteiger partial charge in [-0.1, -0.05) is 18.2 Å². The van der Waals surface area contributed by atoms with Crippen LogP contribution in [0.2, 0.25) is 0 Å². The molecule has 1 aliphatic rings. The zero-order valence-electron chi connectivity index (χ0n) is 7.33. The predicted molar refractivity (Wildman–Crippen MR) is 49.4 cm³/mol. The zero-order valence-corrected chi connectivity index (χ0v) is 7.33. The molecule has 13 heavy (non-hydrogen) atoms. The molecule has 3 N–H and O–H groups in total. The van der Waals surface area contributed by atoms with Crippen LogP contribution in [-0.2, 0) is 6.61 Å². The van der Waals surface area contributed by atoms with Gasteiger partial charge >= 0.3 is 0 Å². The molecule has 1 fully saturated rings. The minimum Gasteiger partial charge on any atom is -0.507 e. The van der Waals surface area contributed by atoms with E-state index in [0.717, 1.165) is 18.5 Å². The van der Waals surface area contributed by atoms with Gasteiger partial charge in [-0.05, 0) is 13.0 Å². The number of aliphatic hydroxyl groups is 1. The average molecular weight is 179 g/mol. The molecule has 0 aliphatic carbocycles. The smallest absolute Gasteiger partial charge is 0.125 e. The van der Waals surface area contributed by atoms with Crippen LogP contribution in [0, 0.1) is 0 Å². The van der Waals surface area contributed by atoms with Crippen molar-refractivity contribution in [3.63, 3.8) is 0 Å². The molecule has 0 radical (unpaired) electrons. The topological polar surface area (TPSA) is 52.5 Å². The average Bonchev–Trinajstić information content (AvgIpc) is 2.05. The van der Waals surface area contributed by atoms with E-state index >= 15 is 0 Å². The fourth-order valence-corrected chi connectivity index (χ4v) is 1.57. The van der Waals surface area contributed by atoms with E-state index in [0.29, 0.717) is 5.56 Å². The number of hydrogen-bond acceptors (Lipinski definition) is 3. The van der Waals surface area contributed by atoms with E-state index in [9.17, 15) is 5.11 Å². The number of aliphatic hydroxyl groups excluding tert-OH is 1. The van der Waals surface area contributed by atoms with Crippen molar-refractivity contribution >= 4 is 0 Å². The van der Waals surface area contributed by atoms with Gasteiger partial charge in [0.15, 0.2) is 0 Å². The lowest BCUT2D eigenvalue weighted by atomic mass is 9.95. The normalized spacial score (nSPS) is 21.2. The van der Waals surface area contributed by atoms with Crippen molar-refractivity contribution < 1.29 is 10.2 Å². The molecule has 1 heterocycles. The molecule has 1 saturated heterocycles. The first kappa shape index (κ1) is 8.53. The first-order valence-corrected chi connectivity index (χ1v) is 4.48. The van der Waals surface area contributed by atoms with E-state index in [4.69, 9.17) is 5.11 Å². The molecule has 1 aromatic carbocycles. The van der Waals surface area contributed by atoms with Crippen LogP contribution in [0.5, 0.6) is 5.75 Å². The van der Waals surface area contributed by atoms with Gasteiger partial charge in [0.25, 0.3) is 0 Å². The van der Waals surface area contributed by atoms with Gasteiger partial charge in [-0.25, -0.2) is 0 Å². The van der Waals surface area contributed by atoms with Gasteiger partial charge in [-0.2, -0.15) is 0 Å². The molecule has 3 nitrogen and oxygen atoms in total. The zero-order chi connectivity index (χ0) is 9.26. The van der Waals surface area contributed by atoms with Crippen LogP contribution < -0.4 is 5.32 Å². The molecular weight excluding hydrogens is 166 g/mol.